The highest BCUT2D eigenvalue weighted by Crippen LogP contribution is 2.25. The van der Waals surface area contributed by atoms with Crippen molar-refractivity contribution in [2.24, 2.45) is 5.10 Å². The summed E-state index contributed by atoms with van der Waals surface area (Å²) in [6.45, 7) is 1.69. The molecule has 0 aliphatic carbocycles. The van der Waals surface area contributed by atoms with Crippen molar-refractivity contribution >= 4 is 17.6 Å². The SMILES string of the molecule is Cc1onc(-c2ccccc2)c1C(=O)OCC(=O)N1CCC(c2ccccc2)=N1. The average Bonchev–Trinajstić information content (AvgIpc) is 3.40. The lowest BCUT2D eigenvalue weighted by atomic mass is 10.1. The largest absolute Gasteiger partial charge is 0.452 e. The van der Waals surface area contributed by atoms with Gasteiger partial charge in [-0.05, 0) is 12.5 Å². The lowest BCUT2D eigenvalue weighted by Gasteiger charge is -2.11. The zero-order valence-corrected chi connectivity index (χ0v) is 15.9. The summed E-state index contributed by atoms with van der Waals surface area (Å²) in [6, 6.07) is 18.9. The van der Waals surface area contributed by atoms with Crippen molar-refractivity contribution < 1.29 is 18.8 Å². The van der Waals surface area contributed by atoms with Gasteiger partial charge in [0, 0.05) is 12.0 Å². The summed E-state index contributed by atoms with van der Waals surface area (Å²) in [6.07, 6.45) is 0.659. The van der Waals surface area contributed by atoms with Gasteiger partial charge in [-0.3, -0.25) is 4.79 Å². The number of ether oxygens (including phenoxy) is 1. The highest BCUT2D eigenvalue weighted by atomic mass is 16.5. The van der Waals surface area contributed by atoms with Crippen LogP contribution in [0.2, 0.25) is 0 Å². The van der Waals surface area contributed by atoms with Crippen molar-refractivity contribution in [2.75, 3.05) is 13.2 Å². The molecule has 2 heterocycles. The quantitative estimate of drug-likeness (QED) is 0.624. The molecule has 1 amide bonds. The first-order valence-corrected chi connectivity index (χ1v) is 9.25. The number of nitrogens with zero attached hydrogens (tertiary/aromatic N) is 3. The van der Waals surface area contributed by atoms with Gasteiger partial charge in [-0.25, -0.2) is 9.80 Å². The molecule has 7 nitrogen and oxygen atoms in total. The second-order valence-corrected chi connectivity index (χ2v) is 6.58. The maximum Gasteiger partial charge on any atom is 0.344 e. The number of esters is 1. The molecule has 0 fully saturated rings. The molecule has 0 spiro atoms. The van der Waals surface area contributed by atoms with Crippen molar-refractivity contribution in [3.8, 4) is 11.3 Å². The van der Waals surface area contributed by atoms with E-state index in [1.807, 2.05) is 60.7 Å². The molecular formula is C22H19N3O4. The minimum atomic E-state index is -0.651. The maximum absolute atomic E-state index is 12.6. The van der Waals surface area contributed by atoms with Crippen LogP contribution in [0.1, 0.15) is 28.1 Å². The second kappa shape index (κ2) is 8.10. The first-order valence-electron chi connectivity index (χ1n) is 9.25. The predicted molar refractivity (Wildman–Crippen MR) is 106 cm³/mol. The van der Waals surface area contributed by atoms with Crippen LogP contribution >= 0.6 is 0 Å². The number of aryl methyl sites for hydroxylation is 1. The summed E-state index contributed by atoms with van der Waals surface area (Å²) in [5.74, 6) is -0.686. The number of benzene rings is 2. The summed E-state index contributed by atoms with van der Waals surface area (Å²) < 4.78 is 10.4. The van der Waals surface area contributed by atoms with Crippen LogP contribution in [0, 0.1) is 6.92 Å². The number of rotatable bonds is 5. The van der Waals surface area contributed by atoms with E-state index >= 15 is 0 Å². The number of amides is 1. The Bertz CT molecular complexity index is 1060. The zero-order chi connectivity index (χ0) is 20.2. The van der Waals surface area contributed by atoms with Gasteiger partial charge >= 0.3 is 5.97 Å². The molecule has 0 saturated heterocycles. The Morgan fingerprint density at radius 2 is 1.69 bits per heavy atom. The van der Waals surface area contributed by atoms with Crippen LogP contribution in [0.15, 0.2) is 70.3 Å². The van der Waals surface area contributed by atoms with Gasteiger partial charge in [0.15, 0.2) is 6.61 Å². The molecule has 1 aliphatic heterocycles. The number of hydrogen-bond donors (Lipinski definition) is 0. The van der Waals surface area contributed by atoms with Crippen molar-refractivity contribution in [1.29, 1.82) is 0 Å². The smallest absolute Gasteiger partial charge is 0.344 e. The summed E-state index contributed by atoms with van der Waals surface area (Å²) in [7, 11) is 0. The minimum Gasteiger partial charge on any atom is -0.452 e. The van der Waals surface area contributed by atoms with E-state index in [0.717, 1.165) is 16.8 Å². The van der Waals surface area contributed by atoms with Crippen LogP contribution in [-0.2, 0) is 9.53 Å². The number of aromatic nitrogens is 1. The van der Waals surface area contributed by atoms with Gasteiger partial charge in [0.05, 0.1) is 12.3 Å². The molecule has 1 aromatic heterocycles. The van der Waals surface area contributed by atoms with E-state index in [0.29, 0.717) is 24.4 Å². The molecule has 4 rings (SSSR count). The molecule has 2 aromatic carbocycles. The molecular weight excluding hydrogens is 370 g/mol. The Morgan fingerprint density at radius 1 is 1.03 bits per heavy atom. The number of hydrogen-bond acceptors (Lipinski definition) is 6. The highest BCUT2D eigenvalue weighted by molar-refractivity contribution is 6.03. The number of hydrazone groups is 1. The monoisotopic (exact) mass is 389 g/mol. The van der Waals surface area contributed by atoms with E-state index in [1.165, 1.54) is 5.01 Å². The van der Waals surface area contributed by atoms with Gasteiger partial charge in [-0.1, -0.05) is 65.8 Å². The zero-order valence-electron chi connectivity index (χ0n) is 15.9. The summed E-state index contributed by atoms with van der Waals surface area (Å²) >= 11 is 0. The normalized spacial score (nSPS) is 13.3. The third-order valence-electron chi connectivity index (χ3n) is 4.64. The average molecular weight is 389 g/mol. The van der Waals surface area contributed by atoms with Crippen LogP contribution in [0.25, 0.3) is 11.3 Å². The molecule has 29 heavy (non-hydrogen) atoms. The Morgan fingerprint density at radius 3 is 2.38 bits per heavy atom. The molecule has 0 saturated carbocycles. The van der Waals surface area contributed by atoms with Crippen molar-refractivity contribution in [3.05, 3.63) is 77.6 Å². The van der Waals surface area contributed by atoms with Gasteiger partial charge in [0.2, 0.25) is 0 Å². The molecule has 0 N–H and O–H groups in total. The molecule has 146 valence electrons. The fourth-order valence-electron chi connectivity index (χ4n) is 3.15. The second-order valence-electron chi connectivity index (χ2n) is 6.58. The third-order valence-corrected chi connectivity index (χ3v) is 4.64. The van der Waals surface area contributed by atoms with E-state index in [2.05, 4.69) is 10.3 Å². The first-order chi connectivity index (χ1) is 14.1. The maximum atomic E-state index is 12.6. The van der Waals surface area contributed by atoms with Crippen LogP contribution < -0.4 is 0 Å². The van der Waals surface area contributed by atoms with Gasteiger partial charge in [-0.15, -0.1) is 0 Å². The van der Waals surface area contributed by atoms with Crippen LogP contribution in [0.5, 0.6) is 0 Å². The van der Waals surface area contributed by atoms with Gasteiger partial charge in [0.1, 0.15) is 17.0 Å². The predicted octanol–water partition coefficient (Wildman–Crippen LogP) is 3.44. The van der Waals surface area contributed by atoms with Gasteiger partial charge in [-0.2, -0.15) is 5.10 Å². The standard InChI is InChI=1S/C22H19N3O4/c1-15-20(21(24-29-15)17-10-6-3-7-11-17)22(27)28-14-19(26)25-13-12-18(23-25)16-8-4-2-5-9-16/h2-11H,12-14H2,1H3. The highest BCUT2D eigenvalue weighted by Gasteiger charge is 2.26. The fourth-order valence-corrected chi connectivity index (χ4v) is 3.15. The summed E-state index contributed by atoms with van der Waals surface area (Å²) in [4.78, 5) is 25.0. The van der Waals surface area contributed by atoms with Gasteiger partial charge in [0.25, 0.3) is 5.91 Å². The van der Waals surface area contributed by atoms with E-state index in [9.17, 15) is 9.59 Å². The van der Waals surface area contributed by atoms with Crippen molar-refractivity contribution in [3.63, 3.8) is 0 Å². The van der Waals surface area contributed by atoms with E-state index in [4.69, 9.17) is 9.26 Å². The molecule has 0 radical (unpaired) electrons. The Hall–Kier alpha value is -3.74. The molecule has 7 heteroatoms. The fraction of sp³-hybridized carbons (Fsp3) is 0.182. The van der Waals surface area contributed by atoms with E-state index in [-0.39, 0.29) is 11.5 Å². The van der Waals surface area contributed by atoms with Crippen molar-refractivity contribution in [1.82, 2.24) is 10.2 Å². The number of carbonyl (C=O) groups is 2. The van der Waals surface area contributed by atoms with Crippen LogP contribution in [0.3, 0.4) is 0 Å². The molecule has 0 bridgehead atoms. The molecule has 3 aromatic rings. The van der Waals surface area contributed by atoms with Crippen LogP contribution in [-0.4, -0.2) is 40.9 Å². The van der Waals surface area contributed by atoms with Crippen LogP contribution in [0.4, 0.5) is 0 Å². The Kier molecular flexibility index (Phi) is 5.20. The lowest BCUT2D eigenvalue weighted by molar-refractivity contribution is -0.134. The molecule has 0 unspecified atom stereocenters. The Balaban J connectivity index is 1.43. The van der Waals surface area contributed by atoms with E-state index in [1.54, 1.807) is 6.92 Å². The topological polar surface area (TPSA) is 85.0 Å². The van der Waals surface area contributed by atoms with E-state index < -0.39 is 12.6 Å². The molecule has 1 aliphatic rings. The molecule has 0 atom stereocenters. The summed E-state index contributed by atoms with van der Waals surface area (Å²) in [5.41, 5.74) is 3.17. The third kappa shape index (κ3) is 3.94. The van der Waals surface area contributed by atoms with Crippen molar-refractivity contribution in [2.45, 2.75) is 13.3 Å². The summed E-state index contributed by atoms with van der Waals surface area (Å²) in [5, 5.41) is 9.66. The first kappa shape index (κ1) is 18.6. The Labute approximate surface area is 167 Å². The minimum absolute atomic E-state index is 0.221. The van der Waals surface area contributed by atoms with Gasteiger partial charge < -0.3 is 9.26 Å². The lowest BCUT2D eigenvalue weighted by Crippen LogP contribution is -2.29. The number of carbonyl (C=O) groups excluding carboxylic acids is 2.